The van der Waals surface area contributed by atoms with E-state index in [-0.39, 0.29) is 16.2 Å². The highest BCUT2D eigenvalue weighted by molar-refractivity contribution is 7.99. The van der Waals surface area contributed by atoms with Crippen LogP contribution in [0.3, 0.4) is 0 Å². The average molecular weight is 485 g/mol. The zero-order valence-electron chi connectivity index (χ0n) is 18.1. The lowest BCUT2D eigenvalue weighted by molar-refractivity contribution is -0.136. The summed E-state index contributed by atoms with van der Waals surface area (Å²) in [6.45, 7) is 0.506. The van der Waals surface area contributed by atoms with Gasteiger partial charge in [0.05, 0.1) is 29.9 Å². The molecule has 1 saturated carbocycles. The third-order valence-corrected chi connectivity index (χ3v) is 7.95. The number of ether oxygens (including phenoxy) is 2. The Kier molecular flexibility index (Phi) is 6.95. The van der Waals surface area contributed by atoms with Crippen molar-refractivity contribution in [2.75, 3.05) is 13.7 Å². The van der Waals surface area contributed by atoms with Crippen molar-refractivity contribution in [3.8, 4) is 11.5 Å². The highest BCUT2D eigenvalue weighted by atomic mass is 32.2. The minimum Gasteiger partial charge on any atom is -0.497 e. The lowest BCUT2D eigenvalue weighted by Gasteiger charge is -2.12. The Morgan fingerprint density at radius 2 is 1.73 bits per heavy atom. The summed E-state index contributed by atoms with van der Waals surface area (Å²) in [5.41, 5.74) is 0.388. The van der Waals surface area contributed by atoms with Crippen LogP contribution in [0.25, 0.3) is 0 Å². The van der Waals surface area contributed by atoms with Gasteiger partial charge in [-0.3, -0.25) is 4.79 Å². The first-order chi connectivity index (χ1) is 15.8. The number of sulfone groups is 1. The first-order valence-corrected chi connectivity index (χ1v) is 12.8. The molecule has 3 aromatic carbocycles. The number of carboxylic acid groups (broad SMARTS) is 1. The standard InChI is InChI=1S/C25H24O6S2/c1-30-19-3-2-4-22(14-19)32-21-7-9-23(10-8-21)33(28,29)24-12-18(13-25(26)27)11-20(15-24)31-16-17-5-6-17/h2-4,7-12,14-15,17H,5-6,13,16H2,1H3,(H,26,27). The smallest absolute Gasteiger partial charge is 0.307 e. The molecule has 0 aromatic heterocycles. The van der Waals surface area contributed by atoms with E-state index in [1.165, 1.54) is 23.9 Å². The number of methoxy groups -OCH3 is 1. The Morgan fingerprint density at radius 1 is 0.970 bits per heavy atom. The summed E-state index contributed by atoms with van der Waals surface area (Å²) >= 11 is 1.50. The van der Waals surface area contributed by atoms with Gasteiger partial charge in [-0.05, 0) is 85.0 Å². The van der Waals surface area contributed by atoms with Crippen molar-refractivity contribution in [1.29, 1.82) is 0 Å². The summed E-state index contributed by atoms with van der Waals surface area (Å²) in [6.07, 6.45) is 1.92. The predicted octanol–water partition coefficient (Wildman–Crippen LogP) is 5.10. The van der Waals surface area contributed by atoms with Crippen molar-refractivity contribution in [2.45, 2.75) is 38.8 Å². The Bertz CT molecular complexity index is 1250. The summed E-state index contributed by atoms with van der Waals surface area (Å²) in [5, 5.41) is 9.18. The van der Waals surface area contributed by atoms with E-state index in [1.807, 2.05) is 24.3 Å². The molecule has 0 spiro atoms. The maximum atomic E-state index is 13.3. The molecule has 8 heteroatoms. The van der Waals surface area contributed by atoms with Gasteiger partial charge in [-0.25, -0.2) is 8.42 Å². The lowest BCUT2D eigenvalue weighted by atomic mass is 10.1. The van der Waals surface area contributed by atoms with Gasteiger partial charge in [0, 0.05) is 9.79 Å². The van der Waals surface area contributed by atoms with E-state index in [0.717, 1.165) is 28.4 Å². The van der Waals surface area contributed by atoms with Crippen LogP contribution in [0, 0.1) is 5.92 Å². The molecule has 0 unspecified atom stereocenters. The summed E-state index contributed by atoms with van der Waals surface area (Å²) < 4.78 is 37.6. The zero-order valence-corrected chi connectivity index (χ0v) is 19.7. The number of aliphatic carboxylic acids is 1. The monoisotopic (exact) mass is 484 g/mol. The highest BCUT2D eigenvalue weighted by Crippen LogP contribution is 2.33. The molecule has 3 aromatic rings. The van der Waals surface area contributed by atoms with Crippen molar-refractivity contribution in [3.05, 3.63) is 72.3 Å². The van der Waals surface area contributed by atoms with Crippen LogP contribution in [0.2, 0.25) is 0 Å². The van der Waals surface area contributed by atoms with Gasteiger partial charge in [0.15, 0.2) is 0 Å². The van der Waals surface area contributed by atoms with Gasteiger partial charge in [-0.15, -0.1) is 0 Å². The topological polar surface area (TPSA) is 89.9 Å². The van der Waals surface area contributed by atoms with Gasteiger partial charge in [-0.2, -0.15) is 0 Å². The van der Waals surface area contributed by atoms with E-state index in [2.05, 4.69) is 0 Å². The van der Waals surface area contributed by atoms with E-state index < -0.39 is 15.8 Å². The minimum absolute atomic E-state index is 0.0280. The molecule has 0 radical (unpaired) electrons. The molecule has 172 valence electrons. The number of carboxylic acids is 1. The van der Waals surface area contributed by atoms with E-state index >= 15 is 0 Å². The van der Waals surface area contributed by atoms with Crippen LogP contribution in [0.5, 0.6) is 11.5 Å². The van der Waals surface area contributed by atoms with Gasteiger partial charge in [0.1, 0.15) is 11.5 Å². The van der Waals surface area contributed by atoms with Gasteiger partial charge in [-0.1, -0.05) is 17.8 Å². The van der Waals surface area contributed by atoms with E-state index in [4.69, 9.17) is 9.47 Å². The average Bonchev–Trinajstić information content (AvgIpc) is 3.62. The molecule has 1 fully saturated rings. The fourth-order valence-corrected chi connectivity index (χ4v) is 5.48. The molecule has 6 nitrogen and oxygen atoms in total. The van der Waals surface area contributed by atoms with Crippen molar-refractivity contribution in [2.24, 2.45) is 5.92 Å². The SMILES string of the molecule is COc1cccc(Sc2ccc(S(=O)(=O)c3cc(CC(=O)O)cc(OCC4CC4)c3)cc2)c1. The maximum absolute atomic E-state index is 13.3. The second kappa shape index (κ2) is 9.89. The Hall–Kier alpha value is -2.97. The Morgan fingerprint density at radius 3 is 2.39 bits per heavy atom. The molecule has 33 heavy (non-hydrogen) atoms. The maximum Gasteiger partial charge on any atom is 0.307 e. The third-order valence-electron chi connectivity index (χ3n) is 5.20. The van der Waals surface area contributed by atoms with Gasteiger partial charge < -0.3 is 14.6 Å². The molecule has 0 atom stereocenters. The molecule has 4 rings (SSSR count). The first-order valence-electron chi connectivity index (χ1n) is 10.5. The Balaban J connectivity index is 1.58. The minimum atomic E-state index is -3.85. The molecule has 1 aliphatic carbocycles. The van der Waals surface area contributed by atoms with Crippen LogP contribution in [-0.4, -0.2) is 33.2 Å². The van der Waals surface area contributed by atoms with Gasteiger partial charge >= 0.3 is 5.97 Å². The molecule has 1 aliphatic rings. The molecule has 0 amide bonds. The number of benzene rings is 3. The lowest BCUT2D eigenvalue weighted by Crippen LogP contribution is -2.07. The number of rotatable bonds is 10. The molecule has 0 saturated heterocycles. The van der Waals surface area contributed by atoms with Crippen LogP contribution in [0.1, 0.15) is 18.4 Å². The van der Waals surface area contributed by atoms with Gasteiger partial charge in [0.2, 0.25) is 9.84 Å². The largest absolute Gasteiger partial charge is 0.497 e. The molecule has 0 heterocycles. The van der Waals surface area contributed by atoms with Crippen molar-refractivity contribution in [3.63, 3.8) is 0 Å². The number of hydrogen-bond donors (Lipinski definition) is 1. The summed E-state index contributed by atoms with van der Waals surface area (Å²) in [6, 6.07) is 18.7. The summed E-state index contributed by atoms with van der Waals surface area (Å²) in [5.74, 6) is 0.587. The molecular formula is C25H24O6S2. The van der Waals surface area contributed by atoms with Gasteiger partial charge in [0.25, 0.3) is 0 Å². The van der Waals surface area contributed by atoms with Crippen LogP contribution < -0.4 is 9.47 Å². The van der Waals surface area contributed by atoms with Crippen molar-refractivity contribution < 1.29 is 27.8 Å². The molecule has 0 bridgehead atoms. The fraction of sp³-hybridized carbons (Fsp3) is 0.240. The number of hydrogen-bond acceptors (Lipinski definition) is 6. The molecular weight excluding hydrogens is 460 g/mol. The van der Waals surface area contributed by atoms with E-state index in [9.17, 15) is 18.3 Å². The zero-order chi connectivity index (χ0) is 23.4. The molecule has 0 aliphatic heterocycles. The highest BCUT2D eigenvalue weighted by Gasteiger charge is 2.24. The first kappa shape index (κ1) is 23.2. The van der Waals surface area contributed by atoms with Crippen molar-refractivity contribution in [1.82, 2.24) is 0 Å². The van der Waals surface area contributed by atoms with Crippen LogP contribution >= 0.6 is 11.8 Å². The van der Waals surface area contributed by atoms with Crippen molar-refractivity contribution >= 4 is 27.6 Å². The predicted molar refractivity (Wildman–Crippen MR) is 125 cm³/mol. The Labute approximate surface area is 197 Å². The normalized spacial score (nSPS) is 13.5. The fourth-order valence-electron chi connectivity index (χ4n) is 3.27. The van der Waals surface area contributed by atoms with Crippen LogP contribution in [-0.2, 0) is 21.1 Å². The third kappa shape index (κ3) is 6.09. The summed E-state index contributed by atoms with van der Waals surface area (Å²) in [7, 11) is -2.24. The quantitative estimate of drug-likeness (QED) is 0.428. The number of carbonyl (C=O) groups is 1. The molecule has 1 N–H and O–H groups in total. The second-order valence-electron chi connectivity index (χ2n) is 7.89. The summed E-state index contributed by atoms with van der Waals surface area (Å²) in [4.78, 5) is 13.2. The second-order valence-corrected chi connectivity index (χ2v) is 11.0. The van der Waals surface area contributed by atoms with Crippen LogP contribution in [0.15, 0.2) is 86.3 Å². The van der Waals surface area contributed by atoms with E-state index in [1.54, 1.807) is 37.4 Å². The van der Waals surface area contributed by atoms with Crippen LogP contribution in [0.4, 0.5) is 0 Å². The van der Waals surface area contributed by atoms with E-state index in [0.29, 0.717) is 23.8 Å².